The Bertz CT molecular complexity index is 1710. The number of fused-ring (bicyclic) bond motifs is 3. The van der Waals surface area contributed by atoms with E-state index < -0.39 is 5.91 Å². The molecule has 2 heterocycles. The first kappa shape index (κ1) is 23.9. The van der Waals surface area contributed by atoms with Gasteiger partial charge in [0.15, 0.2) is 5.69 Å². The number of primary amides is 1. The number of amides is 1. The van der Waals surface area contributed by atoms with Crippen molar-refractivity contribution in [2.75, 3.05) is 12.4 Å². The van der Waals surface area contributed by atoms with Gasteiger partial charge in [0.2, 0.25) is 0 Å². The molecule has 5 rings (SSSR count). The first-order valence-electron chi connectivity index (χ1n) is 12.0. The number of hydrogen-bond donors (Lipinski definition) is 3. The third kappa shape index (κ3) is 4.34. The van der Waals surface area contributed by atoms with Gasteiger partial charge < -0.3 is 20.8 Å². The Balaban J connectivity index is 1.60. The van der Waals surface area contributed by atoms with Gasteiger partial charge >= 0.3 is 0 Å². The number of aromatic nitrogens is 2. The quantitative estimate of drug-likeness (QED) is 0.268. The predicted octanol–water partition coefficient (Wildman–Crippen LogP) is 5.79. The van der Waals surface area contributed by atoms with E-state index in [9.17, 15) is 4.79 Å². The number of methoxy groups -OCH3 is 1. The molecule has 0 spiro atoms. The second-order valence-corrected chi connectivity index (χ2v) is 9.10. The molecule has 7 nitrogen and oxygen atoms in total. The molecule has 7 heteroatoms. The smallest absolute Gasteiger partial charge is 0.269 e. The van der Waals surface area contributed by atoms with Crippen LogP contribution in [0.15, 0.2) is 60.8 Å². The number of aromatic amines is 1. The number of pyridine rings is 1. The van der Waals surface area contributed by atoms with Crippen LogP contribution in [-0.4, -0.2) is 23.0 Å². The number of rotatable bonds is 7. The monoisotopic (exact) mass is 489 g/mol. The molecule has 0 radical (unpaired) electrons. The molecular weight excluding hydrogens is 462 g/mol. The molecule has 4 N–H and O–H groups in total. The van der Waals surface area contributed by atoms with E-state index in [1.165, 1.54) is 5.56 Å². The molecule has 0 aliphatic carbocycles. The first-order chi connectivity index (χ1) is 17.9. The number of nitrogens with zero attached hydrogens (tertiary/aromatic N) is 2. The van der Waals surface area contributed by atoms with Gasteiger partial charge in [0.25, 0.3) is 5.91 Å². The number of ether oxygens (including phenoxy) is 1. The number of H-pyrrole nitrogens is 1. The molecule has 0 aliphatic rings. The Hall–Kier alpha value is -4.83. The molecule has 3 aromatic carbocycles. The SMILES string of the molecule is COc1ccc(CNc2cccc(-c3cnc(C(N)=O)c4[nH]c5cc(CC#N)ccc5c34)c2C)c(C)c1. The van der Waals surface area contributed by atoms with Crippen molar-refractivity contribution in [3.05, 3.63) is 88.7 Å². The summed E-state index contributed by atoms with van der Waals surface area (Å²) in [5, 5.41) is 14.5. The van der Waals surface area contributed by atoms with Crippen LogP contribution < -0.4 is 15.8 Å². The van der Waals surface area contributed by atoms with Gasteiger partial charge in [0, 0.05) is 40.3 Å². The van der Waals surface area contributed by atoms with Gasteiger partial charge in [0.1, 0.15) is 5.75 Å². The molecule has 184 valence electrons. The van der Waals surface area contributed by atoms with Gasteiger partial charge in [0.05, 0.1) is 25.1 Å². The van der Waals surface area contributed by atoms with Crippen molar-refractivity contribution in [1.82, 2.24) is 9.97 Å². The summed E-state index contributed by atoms with van der Waals surface area (Å²) in [5.41, 5.74) is 14.5. The lowest BCUT2D eigenvalue weighted by Crippen LogP contribution is -2.13. The Kier molecular flexibility index (Phi) is 6.24. The Morgan fingerprint density at radius 1 is 1.14 bits per heavy atom. The number of nitrogens with two attached hydrogens (primary N) is 1. The van der Waals surface area contributed by atoms with Gasteiger partial charge in [-0.25, -0.2) is 4.98 Å². The molecule has 0 bridgehead atoms. The summed E-state index contributed by atoms with van der Waals surface area (Å²) >= 11 is 0. The average molecular weight is 490 g/mol. The minimum absolute atomic E-state index is 0.193. The van der Waals surface area contributed by atoms with Crippen LogP contribution in [0.3, 0.4) is 0 Å². The lowest BCUT2D eigenvalue weighted by molar-refractivity contribution is 0.0997. The van der Waals surface area contributed by atoms with Crippen molar-refractivity contribution in [3.63, 3.8) is 0 Å². The third-order valence-electron chi connectivity index (χ3n) is 6.85. The second-order valence-electron chi connectivity index (χ2n) is 9.10. The summed E-state index contributed by atoms with van der Waals surface area (Å²) < 4.78 is 5.33. The summed E-state index contributed by atoms with van der Waals surface area (Å²) in [4.78, 5) is 20.0. The first-order valence-corrected chi connectivity index (χ1v) is 12.0. The maximum Gasteiger partial charge on any atom is 0.269 e. The maximum atomic E-state index is 12.2. The van der Waals surface area contributed by atoms with Crippen molar-refractivity contribution in [1.29, 1.82) is 5.26 Å². The van der Waals surface area contributed by atoms with E-state index in [-0.39, 0.29) is 5.69 Å². The van der Waals surface area contributed by atoms with E-state index in [1.807, 2.05) is 36.4 Å². The number of nitrogens with one attached hydrogen (secondary N) is 2. The summed E-state index contributed by atoms with van der Waals surface area (Å²) in [7, 11) is 1.67. The Morgan fingerprint density at radius 2 is 1.97 bits per heavy atom. The van der Waals surface area contributed by atoms with Crippen LogP contribution in [-0.2, 0) is 13.0 Å². The zero-order valence-electron chi connectivity index (χ0n) is 21.0. The van der Waals surface area contributed by atoms with Crippen LogP contribution in [0.4, 0.5) is 5.69 Å². The molecule has 37 heavy (non-hydrogen) atoms. The molecule has 0 unspecified atom stereocenters. The highest BCUT2D eigenvalue weighted by atomic mass is 16.5. The van der Waals surface area contributed by atoms with E-state index in [2.05, 4.69) is 53.4 Å². The highest BCUT2D eigenvalue weighted by molar-refractivity contribution is 6.19. The van der Waals surface area contributed by atoms with E-state index in [4.69, 9.17) is 15.7 Å². The second kappa shape index (κ2) is 9.67. The minimum Gasteiger partial charge on any atom is -0.497 e. The molecule has 0 saturated heterocycles. The van der Waals surface area contributed by atoms with Gasteiger partial charge in [-0.15, -0.1) is 0 Å². The molecule has 1 amide bonds. The van der Waals surface area contributed by atoms with Crippen LogP contribution in [0.1, 0.15) is 32.7 Å². The van der Waals surface area contributed by atoms with Crippen molar-refractivity contribution in [2.45, 2.75) is 26.8 Å². The van der Waals surface area contributed by atoms with E-state index >= 15 is 0 Å². The molecule has 5 aromatic rings. The van der Waals surface area contributed by atoms with Gasteiger partial charge in [-0.2, -0.15) is 5.26 Å². The van der Waals surface area contributed by atoms with Gasteiger partial charge in [-0.05, 0) is 65.9 Å². The fourth-order valence-electron chi connectivity index (χ4n) is 4.86. The fourth-order valence-corrected chi connectivity index (χ4v) is 4.86. The van der Waals surface area contributed by atoms with Crippen molar-refractivity contribution in [2.24, 2.45) is 5.73 Å². The molecule has 0 atom stereocenters. The summed E-state index contributed by atoms with van der Waals surface area (Å²) in [6.07, 6.45) is 2.03. The molecule has 0 saturated carbocycles. The number of anilines is 1. The zero-order valence-corrected chi connectivity index (χ0v) is 21.0. The third-order valence-corrected chi connectivity index (χ3v) is 6.85. The number of hydrogen-bond acceptors (Lipinski definition) is 5. The largest absolute Gasteiger partial charge is 0.497 e. The molecule has 0 aliphatic heterocycles. The number of carbonyl (C=O) groups is 1. The highest BCUT2D eigenvalue weighted by Gasteiger charge is 2.19. The topological polar surface area (TPSA) is 117 Å². The molecular formula is C30H27N5O2. The minimum atomic E-state index is -0.595. The van der Waals surface area contributed by atoms with Crippen LogP contribution in [0, 0.1) is 25.2 Å². The van der Waals surface area contributed by atoms with Crippen LogP contribution in [0.5, 0.6) is 5.75 Å². The average Bonchev–Trinajstić information content (AvgIpc) is 3.27. The fraction of sp³-hybridized carbons (Fsp3) is 0.167. The zero-order chi connectivity index (χ0) is 26.1. The lowest BCUT2D eigenvalue weighted by atomic mass is 9.95. The van der Waals surface area contributed by atoms with Crippen LogP contribution >= 0.6 is 0 Å². The summed E-state index contributed by atoms with van der Waals surface area (Å²) in [6, 6.07) is 20.2. The predicted molar refractivity (Wildman–Crippen MR) is 147 cm³/mol. The number of benzene rings is 3. The highest BCUT2D eigenvalue weighted by Crippen LogP contribution is 2.38. The maximum absolute atomic E-state index is 12.2. The number of nitriles is 1. The molecule has 2 aromatic heterocycles. The van der Waals surface area contributed by atoms with Crippen molar-refractivity contribution < 1.29 is 9.53 Å². The van der Waals surface area contributed by atoms with Gasteiger partial charge in [-0.1, -0.05) is 30.3 Å². The lowest BCUT2D eigenvalue weighted by Gasteiger charge is -2.16. The summed E-state index contributed by atoms with van der Waals surface area (Å²) in [6.45, 7) is 4.82. The summed E-state index contributed by atoms with van der Waals surface area (Å²) in [5.74, 6) is 0.246. The van der Waals surface area contributed by atoms with Crippen molar-refractivity contribution >= 4 is 33.4 Å². The normalized spacial score (nSPS) is 11.0. The van der Waals surface area contributed by atoms with E-state index in [0.717, 1.165) is 55.5 Å². The number of aryl methyl sites for hydroxylation is 1. The molecule has 0 fully saturated rings. The standard InChI is InChI=1S/C30H27N5O2/c1-17-13-21(37-3)9-8-20(17)15-33-25-6-4-5-22(18(25)2)24-16-34-29(30(32)36)28-27(24)23-10-7-19(11-12-31)14-26(23)35-28/h4-10,13-14,16,33,35H,11,15H2,1-3H3,(H2,32,36). The van der Waals surface area contributed by atoms with Crippen molar-refractivity contribution in [3.8, 4) is 22.9 Å². The van der Waals surface area contributed by atoms with Crippen LogP contribution in [0.2, 0.25) is 0 Å². The van der Waals surface area contributed by atoms with E-state index in [0.29, 0.717) is 18.5 Å². The van der Waals surface area contributed by atoms with Crippen LogP contribution in [0.25, 0.3) is 32.9 Å². The van der Waals surface area contributed by atoms with Gasteiger partial charge in [-0.3, -0.25) is 4.79 Å². The Labute approximate surface area is 214 Å². The number of carbonyl (C=O) groups excluding carboxylic acids is 1. The van der Waals surface area contributed by atoms with E-state index in [1.54, 1.807) is 13.3 Å². The Morgan fingerprint density at radius 3 is 2.70 bits per heavy atom.